The molecule has 0 bridgehead atoms. The molecule has 9 heteroatoms. The van der Waals surface area contributed by atoms with Gasteiger partial charge in [0.1, 0.15) is 5.75 Å². The van der Waals surface area contributed by atoms with Crippen molar-refractivity contribution >= 4 is 22.7 Å². The standard InChI is InChI=1S/C22H20F3N3O3/c1-20(9-10-31-18-8-3-2-6-16(18)20)12-21(30,22(23,24)25)13-26-17-7-4-5-14-15(17)11-27-28-19(14)29/h2-8,11,13,30H,9-10,12H2,1H3,(H,28,29). The zero-order valence-electron chi connectivity index (χ0n) is 16.6. The van der Waals surface area contributed by atoms with Crippen molar-refractivity contribution < 1.29 is 23.0 Å². The molecule has 31 heavy (non-hydrogen) atoms. The second-order valence-corrected chi connectivity index (χ2v) is 7.95. The van der Waals surface area contributed by atoms with Crippen LogP contribution in [0.3, 0.4) is 0 Å². The maximum Gasteiger partial charge on any atom is 0.422 e. The Hall–Kier alpha value is -3.20. The Balaban J connectivity index is 1.76. The number of hydrogen-bond donors (Lipinski definition) is 2. The van der Waals surface area contributed by atoms with Crippen LogP contribution >= 0.6 is 0 Å². The van der Waals surface area contributed by atoms with Gasteiger partial charge in [-0.25, -0.2) is 5.10 Å². The summed E-state index contributed by atoms with van der Waals surface area (Å²) < 4.78 is 47.7. The van der Waals surface area contributed by atoms with E-state index in [2.05, 4.69) is 15.2 Å². The Kier molecular flexibility index (Phi) is 5.09. The van der Waals surface area contributed by atoms with Crippen LogP contribution in [0.25, 0.3) is 10.8 Å². The normalized spacial score (nSPS) is 20.9. The zero-order valence-corrected chi connectivity index (χ0v) is 16.6. The number of nitrogens with one attached hydrogen (secondary N) is 1. The predicted molar refractivity (Wildman–Crippen MR) is 110 cm³/mol. The van der Waals surface area contributed by atoms with Crippen LogP contribution in [0, 0.1) is 0 Å². The smallest absolute Gasteiger partial charge is 0.422 e. The second kappa shape index (κ2) is 7.49. The summed E-state index contributed by atoms with van der Waals surface area (Å²) in [4.78, 5) is 15.8. The SMILES string of the molecule is CC1(CC(O)(C=Nc2cccc3c(=O)[nH]ncc23)C(F)(F)F)CCOc2ccccc21. The summed E-state index contributed by atoms with van der Waals surface area (Å²) >= 11 is 0. The largest absolute Gasteiger partial charge is 0.493 e. The first kappa shape index (κ1) is 21.0. The van der Waals surface area contributed by atoms with E-state index in [1.807, 2.05) is 0 Å². The Morgan fingerprint density at radius 3 is 2.77 bits per heavy atom. The van der Waals surface area contributed by atoms with Gasteiger partial charge in [0.15, 0.2) is 5.60 Å². The minimum atomic E-state index is -4.97. The molecule has 2 atom stereocenters. The van der Waals surface area contributed by atoms with Crippen LogP contribution in [0.4, 0.5) is 18.9 Å². The first-order chi connectivity index (χ1) is 14.6. The molecule has 2 heterocycles. The molecule has 0 amide bonds. The molecule has 0 fully saturated rings. The summed E-state index contributed by atoms with van der Waals surface area (Å²) in [5.41, 5.74) is -3.94. The Morgan fingerprint density at radius 1 is 1.23 bits per heavy atom. The number of alkyl halides is 3. The molecule has 162 valence electrons. The number of benzene rings is 2. The highest BCUT2D eigenvalue weighted by atomic mass is 19.4. The number of halogens is 3. The zero-order chi connectivity index (χ0) is 22.3. The van der Waals surface area contributed by atoms with Crippen LogP contribution in [-0.2, 0) is 5.41 Å². The van der Waals surface area contributed by atoms with Crippen molar-refractivity contribution in [2.45, 2.75) is 37.0 Å². The van der Waals surface area contributed by atoms with E-state index in [1.165, 1.54) is 24.4 Å². The van der Waals surface area contributed by atoms with Gasteiger partial charge in [-0.1, -0.05) is 31.2 Å². The minimum Gasteiger partial charge on any atom is -0.493 e. The molecule has 2 aromatic carbocycles. The third-order valence-electron chi connectivity index (χ3n) is 5.70. The molecule has 6 nitrogen and oxygen atoms in total. The first-order valence-electron chi connectivity index (χ1n) is 9.66. The molecular formula is C22H20F3N3O3. The summed E-state index contributed by atoms with van der Waals surface area (Å²) in [7, 11) is 0. The fourth-order valence-corrected chi connectivity index (χ4v) is 4.00. The van der Waals surface area contributed by atoms with Gasteiger partial charge in [-0.3, -0.25) is 9.79 Å². The van der Waals surface area contributed by atoms with Crippen molar-refractivity contribution in [2.75, 3.05) is 6.61 Å². The van der Waals surface area contributed by atoms with Gasteiger partial charge in [-0.2, -0.15) is 18.3 Å². The monoisotopic (exact) mass is 431 g/mol. The van der Waals surface area contributed by atoms with Crippen LogP contribution in [0.5, 0.6) is 5.75 Å². The quantitative estimate of drug-likeness (QED) is 0.610. The molecule has 0 radical (unpaired) electrons. The molecule has 0 saturated carbocycles. The van der Waals surface area contributed by atoms with Crippen LogP contribution in [0.1, 0.15) is 25.3 Å². The Bertz CT molecular complexity index is 1210. The van der Waals surface area contributed by atoms with Gasteiger partial charge < -0.3 is 9.84 Å². The molecule has 0 saturated heterocycles. The van der Waals surface area contributed by atoms with Crippen LogP contribution in [0.15, 0.2) is 58.4 Å². The maximum absolute atomic E-state index is 14.0. The van der Waals surface area contributed by atoms with E-state index in [0.29, 0.717) is 23.9 Å². The molecule has 1 aliphatic heterocycles. The number of fused-ring (bicyclic) bond motifs is 2. The van der Waals surface area contributed by atoms with Gasteiger partial charge in [-0.15, -0.1) is 0 Å². The summed E-state index contributed by atoms with van der Waals surface area (Å²) in [6.45, 7) is 1.93. The molecule has 2 N–H and O–H groups in total. The molecule has 2 unspecified atom stereocenters. The first-order valence-corrected chi connectivity index (χ1v) is 9.66. The fourth-order valence-electron chi connectivity index (χ4n) is 4.00. The number of aliphatic hydroxyl groups is 1. The predicted octanol–water partition coefficient (Wildman–Crippen LogP) is 4.05. The van der Waals surface area contributed by atoms with Gasteiger partial charge in [-0.05, 0) is 31.0 Å². The van der Waals surface area contributed by atoms with Crippen molar-refractivity contribution in [3.63, 3.8) is 0 Å². The van der Waals surface area contributed by atoms with Gasteiger partial charge >= 0.3 is 6.18 Å². The molecule has 1 aliphatic rings. The molecule has 1 aromatic heterocycles. The Morgan fingerprint density at radius 2 is 2.00 bits per heavy atom. The highest BCUT2D eigenvalue weighted by Crippen LogP contribution is 2.47. The lowest BCUT2D eigenvalue weighted by atomic mass is 9.70. The van der Waals surface area contributed by atoms with Crippen molar-refractivity contribution in [3.8, 4) is 5.75 Å². The van der Waals surface area contributed by atoms with E-state index in [9.17, 15) is 23.1 Å². The lowest BCUT2D eigenvalue weighted by Gasteiger charge is -2.41. The lowest BCUT2D eigenvalue weighted by molar-refractivity contribution is -0.235. The Labute approximate surface area is 175 Å². The molecule has 4 rings (SSSR count). The highest BCUT2D eigenvalue weighted by molar-refractivity contribution is 5.93. The van der Waals surface area contributed by atoms with Crippen molar-refractivity contribution in [3.05, 3.63) is 64.6 Å². The number of H-pyrrole nitrogens is 1. The molecule has 0 spiro atoms. The molecular weight excluding hydrogens is 411 g/mol. The second-order valence-electron chi connectivity index (χ2n) is 7.95. The third kappa shape index (κ3) is 3.81. The van der Waals surface area contributed by atoms with Crippen molar-refractivity contribution in [1.82, 2.24) is 10.2 Å². The van der Waals surface area contributed by atoms with Gasteiger partial charge in [0.2, 0.25) is 0 Å². The van der Waals surface area contributed by atoms with E-state index in [1.54, 1.807) is 31.2 Å². The number of rotatable bonds is 4. The van der Waals surface area contributed by atoms with E-state index >= 15 is 0 Å². The number of ether oxygens (including phenoxy) is 1. The summed E-state index contributed by atoms with van der Waals surface area (Å²) in [5, 5.41) is 17.3. The third-order valence-corrected chi connectivity index (χ3v) is 5.70. The summed E-state index contributed by atoms with van der Waals surface area (Å²) in [6.07, 6.45) is -3.45. The average Bonchev–Trinajstić information content (AvgIpc) is 2.72. The van der Waals surface area contributed by atoms with E-state index in [-0.39, 0.29) is 23.1 Å². The maximum atomic E-state index is 14.0. The number of para-hydroxylation sites is 1. The lowest BCUT2D eigenvalue weighted by Crippen LogP contribution is -2.51. The number of nitrogens with zero attached hydrogens (tertiary/aromatic N) is 2. The van der Waals surface area contributed by atoms with Crippen molar-refractivity contribution in [2.24, 2.45) is 4.99 Å². The minimum absolute atomic E-state index is 0.108. The van der Waals surface area contributed by atoms with E-state index in [0.717, 1.165) is 0 Å². The average molecular weight is 431 g/mol. The van der Waals surface area contributed by atoms with Gasteiger partial charge in [0.05, 0.1) is 23.9 Å². The van der Waals surface area contributed by atoms with Gasteiger partial charge in [0.25, 0.3) is 5.56 Å². The molecule has 3 aromatic rings. The van der Waals surface area contributed by atoms with Crippen LogP contribution < -0.4 is 10.3 Å². The number of aliphatic imine (C=N–C) groups is 1. The number of hydrogen-bond acceptors (Lipinski definition) is 5. The number of aromatic nitrogens is 2. The molecule has 0 aliphatic carbocycles. The highest BCUT2D eigenvalue weighted by Gasteiger charge is 2.56. The number of aromatic amines is 1. The van der Waals surface area contributed by atoms with E-state index in [4.69, 9.17) is 4.74 Å². The topological polar surface area (TPSA) is 87.6 Å². The van der Waals surface area contributed by atoms with Crippen LogP contribution in [-0.4, -0.2) is 39.9 Å². The summed E-state index contributed by atoms with van der Waals surface area (Å²) in [6, 6.07) is 11.4. The van der Waals surface area contributed by atoms with Crippen LogP contribution in [0.2, 0.25) is 0 Å². The summed E-state index contributed by atoms with van der Waals surface area (Å²) in [5.74, 6) is 0.511. The fraction of sp³-hybridized carbons (Fsp3) is 0.318. The van der Waals surface area contributed by atoms with Crippen molar-refractivity contribution in [1.29, 1.82) is 0 Å². The van der Waals surface area contributed by atoms with Gasteiger partial charge in [0, 0.05) is 22.6 Å². The van der Waals surface area contributed by atoms with E-state index < -0.39 is 29.2 Å².